The summed E-state index contributed by atoms with van der Waals surface area (Å²) in [5, 5.41) is 0. The molecule has 0 saturated heterocycles. The van der Waals surface area contributed by atoms with Gasteiger partial charge >= 0.3 is 0 Å². The van der Waals surface area contributed by atoms with Gasteiger partial charge in [0.1, 0.15) is 0 Å². The molecule has 2 aromatic rings. The Morgan fingerprint density at radius 2 is 2.21 bits per heavy atom. The molecule has 14 heavy (non-hydrogen) atoms. The third kappa shape index (κ3) is 1.83. The lowest BCUT2D eigenvalue weighted by molar-refractivity contribution is 0.551. The van der Waals surface area contributed by atoms with Crippen molar-refractivity contribution >= 4 is 15.9 Å². The molecule has 0 atom stereocenters. The van der Waals surface area contributed by atoms with E-state index in [1.807, 2.05) is 0 Å². The predicted octanol–water partition coefficient (Wildman–Crippen LogP) is 1.96. The summed E-state index contributed by atoms with van der Waals surface area (Å²) in [6, 6.07) is 5.38. The third-order valence-corrected chi connectivity index (χ3v) is 2.14. The molecule has 0 amide bonds. The lowest BCUT2D eigenvalue weighted by atomic mass is 10.3. The predicted molar refractivity (Wildman–Crippen MR) is 55.3 cm³/mol. The van der Waals surface area contributed by atoms with Gasteiger partial charge in [-0.2, -0.15) is 0 Å². The summed E-state index contributed by atoms with van der Waals surface area (Å²) in [5.41, 5.74) is 6.27. The molecule has 2 N–H and O–H groups in total. The average Bonchev–Trinajstić information content (AvgIpc) is 2.65. The number of nitrogens with zero attached hydrogens (tertiary/aromatic N) is 2. The Bertz CT molecular complexity index is 441. The van der Waals surface area contributed by atoms with Gasteiger partial charge in [0.15, 0.2) is 16.3 Å². The molecule has 0 bridgehead atoms. The Morgan fingerprint density at radius 1 is 1.36 bits per heavy atom. The van der Waals surface area contributed by atoms with Crippen LogP contribution >= 0.6 is 15.9 Å². The van der Waals surface area contributed by atoms with Crippen molar-refractivity contribution < 1.29 is 4.42 Å². The van der Waals surface area contributed by atoms with Crippen molar-refractivity contribution in [3.05, 3.63) is 34.8 Å². The number of halogens is 1. The second-order valence-corrected chi connectivity index (χ2v) is 3.46. The number of hydrogen-bond acceptors (Lipinski definition) is 4. The highest BCUT2D eigenvalue weighted by Gasteiger charge is 2.06. The largest absolute Gasteiger partial charge is 0.446 e. The van der Waals surface area contributed by atoms with E-state index in [0.29, 0.717) is 22.8 Å². The molecule has 0 unspecified atom stereocenters. The first-order chi connectivity index (χ1) is 6.79. The summed E-state index contributed by atoms with van der Waals surface area (Å²) < 4.78 is 5.98. The van der Waals surface area contributed by atoms with Crippen LogP contribution < -0.4 is 5.73 Å². The highest BCUT2D eigenvalue weighted by atomic mass is 79.9. The van der Waals surface area contributed by atoms with Gasteiger partial charge in [-0.05, 0) is 34.1 Å². The second kappa shape index (κ2) is 3.89. The molecular formula is C9H8BrN3O. The van der Waals surface area contributed by atoms with Crippen molar-refractivity contribution in [2.75, 3.05) is 0 Å². The molecule has 0 aliphatic carbocycles. The molecule has 0 aliphatic heterocycles. The molecule has 0 fully saturated rings. The normalized spacial score (nSPS) is 10.4. The van der Waals surface area contributed by atoms with Crippen LogP contribution in [0.4, 0.5) is 0 Å². The highest BCUT2D eigenvalue weighted by Crippen LogP contribution is 2.21. The van der Waals surface area contributed by atoms with Gasteiger partial charge in [0.25, 0.3) is 0 Å². The van der Waals surface area contributed by atoms with Crippen LogP contribution in [-0.4, -0.2) is 9.97 Å². The van der Waals surface area contributed by atoms with E-state index < -0.39 is 0 Å². The minimum Gasteiger partial charge on any atom is -0.446 e. The van der Waals surface area contributed by atoms with Crippen molar-refractivity contribution in [1.29, 1.82) is 0 Å². The van der Waals surface area contributed by atoms with Gasteiger partial charge in [-0.3, -0.25) is 0 Å². The molecule has 2 aromatic heterocycles. The molecule has 0 spiro atoms. The lowest BCUT2D eigenvalue weighted by Crippen LogP contribution is -2.00. The summed E-state index contributed by atoms with van der Waals surface area (Å²) in [7, 11) is 0. The molecular weight excluding hydrogens is 246 g/mol. The number of nitrogens with two attached hydrogens (primary N) is 1. The van der Waals surface area contributed by atoms with Crippen LogP contribution in [0.3, 0.4) is 0 Å². The monoisotopic (exact) mass is 253 g/mol. The Kier molecular flexibility index (Phi) is 2.60. The number of rotatable bonds is 2. The molecule has 4 nitrogen and oxygen atoms in total. The maximum Gasteiger partial charge on any atom is 0.195 e. The fourth-order valence-electron chi connectivity index (χ4n) is 1.06. The first-order valence-electron chi connectivity index (χ1n) is 4.07. The molecule has 0 radical (unpaired) electrons. The van der Waals surface area contributed by atoms with Gasteiger partial charge in [-0.1, -0.05) is 0 Å². The van der Waals surface area contributed by atoms with Gasteiger partial charge in [0.05, 0.1) is 5.69 Å². The number of hydrogen-bond donors (Lipinski definition) is 1. The van der Waals surface area contributed by atoms with Crippen molar-refractivity contribution in [2.45, 2.75) is 6.54 Å². The average molecular weight is 254 g/mol. The van der Waals surface area contributed by atoms with Crippen LogP contribution in [0.5, 0.6) is 0 Å². The maximum atomic E-state index is 5.47. The molecule has 2 heterocycles. The topological polar surface area (TPSA) is 64.9 Å². The smallest absolute Gasteiger partial charge is 0.195 e. The standard InChI is InChI=1S/C9H8BrN3O/c10-8-2-1-7(14-8)9-12-4-3-6(5-11)13-9/h1-4H,5,11H2. The third-order valence-electron chi connectivity index (χ3n) is 1.72. The van der Waals surface area contributed by atoms with E-state index in [9.17, 15) is 0 Å². The summed E-state index contributed by atoms with van der Waals surface area (Å²) in [6.07, 6.45) is 1.67. The van der Waals surface area contributed by atoms with Crippen molar-refractivity contribution in [2.24, 2.45) is 5.73 Å². The summed E-state index contributed by atoms with van der Waals surface area (Å²) >= 11 is 3.22. The van der Waals surface area contributed by atoms with Crippen LogP contribution in [-0.2, 0) is 6.54 Å². The molecule has 0 aliphatic rings. The van der Waals surface area contributed by atoms with Gasteiger partial charge in [0, 0.05) is 12.7 Å². The first-order valence-corrected chi connectivity index (χ1v) is 4.86. The SMILES string of the molecule is NCc1ccnc(-c2ccc(Br)o2)n1. The van der Waals surface area contributed by atoms with E-state index in [4.69, 9.17) is 10.2 Å². The fourth-order valence-corrected chi connectivity index (χ4v) is 1.37. The van der Waals surface area contributed by atoms with Crippen molar-refractivity contribution in [3.63, 3.8) is 0 Å². The Balaban J connectivity index is 2.41. The van der Waals surface area contributed by atoms with E-state index in [1.165, 1.54) is 0 Å². The molecule has 5 heteroatoms. The second-order valence-electron chi connectivity index (χ2n) is 2.68. The van der Waals surface area contributed by atoms with Crippen LogP contribution in [0.15, 0.2) is 33.5 Å². The number of aromatic nitrogens is 2. The number of furan rings is 1. The quantitative estimate of drug-likeness (QED) is 0.889. The molecule has 72 valence electrons. The summed E-state index contributed by atoms with van der Waals surface area (Å²) in [6.45, 7) is 0.400. The Hall–Kier alpha value is -1.20. The Labute approximate surface area is 89.3 Å². The van der Waals surface area contributed by atoms with Crippen LogP contribution in [0, 0.1) is 0 Å². The lowest BCUT2D eigenvalue weighted by Gasteiger charge is -1.97. The highest BCUT2D eigenvalue weighted by molar-refractivity contribution is 9.10. The Morgan fingerprint density at radius 3 is 2.86 bits per heavy atom. The minimum absolute atomic E-state index is 0.400. The van der Waals surface area contributed by atoms with E-state index in [-0.39, 0.29) is 0 Å². The van der Waals surface area contributed by atoms with E-state index in [2.05, 4.69) is 25.9 Å². The van der Waals surface area contributed by atoms with E-state index >= 15 is 0 Å². The zero-order chi connectivity index (χ0) is 9.97. The van der Waals surface area contributed by atoms with Crippen LogP contribution in [0.1, 0.15) is 5.69 Å². The molecule has 0 saturated carbocycles. The van der Waals surface area contributed by atoms with E-state index in [1.54, 1.807) is 24.4 Å². The minimum atomic E-state index is 0.400. The van der Waals surface area contributed by atoms with Gasteiger partial charge in [-0.25, -0.2) is 9.97 Å². The molecule has 0 aromatic carbocycles. The van der Waals surface area contributed by atoms with Crippen LogP contribution in [0.25, 0.3) is 11.6 Å². The summed E-state index contributed by atoms with van der Waals surface area (Å²) in [4.78, 5) is 8.31. The van der Waals surface area contributed by atoms with Gasteiger partial charge in [-0.15, -0.1) is 0 Å². The zero-order valence-electron chi connectivity index (χ0n) is 7.27. The van der Waals surface area contributed by atoms with E-state index in [0.717, 1.165) is 5.69 Å². The van der Waals surface area contributed by atoms with Crippen LogP contribution in [0.2, 0.25) is 0 Å². The zero-order valence-corrected chi connectivity index (χ0v) is 8.86. The fraction of sp³-hybridized carbons (Fsp3) is 0.111. The van der Waals surface area contributed by atoms with Crippen molar-refractivity contribution in [1.82, 2.24) is 9.97 Å². The van der Waals surface area contributed by atoms with Gasteiger partial charge in [0.2, 0.25) is 0 Å². The van der Waals surface area contributed by atoms with Gasteiger partial charge < -0.3 is 10.2 Å². The summed E-state index contributed by atoms with van der Waals surface area (Å²) in [5.74, 6) is 1.19. The maximum absolute atomic E-state index is 5.47. The van der Waals surface area contributed by atoms with Crippen molar-refractivity contribution in [3.8, 4) is 11.6 Å². The molecule has 2 rings (SSSR count). The first kappa shape index (κ1) is 9.36.